The molecule has 3 aromatic rings. The van der Waals surface area contributed by atoms with Gasteiger partial charge in [-0.25, -0.2) is 0 Å². The van der Waals surface area contributed by atoms with Crippen LogP contribution in [0.1, 0.15) is 43.0 Å². The molecule has 3 heterocycles. The fourth-order valence-electron chi connectivity index (χ4n) is 5.63. The summed E-state index contributed by atoms with van der Waals surface area (Å²) < 4.78 is 5.05. The van der Waals surface area contributed by atoms with Crippen molar-refractivity contribution >= 4 is 40.8 Å². The van der Waals surface area contributed by atoms with Crippen LogP contribution in [-0.4, -0.2) is 68.3 Å². The summed E-state index contributed by atoms with van der Waals surface area (Å²) in [6.45, 7) is 4.21. The van der Waals surface area contributed by atoms with E-state index < -0.39 is 46.8 Å². The van der Waals surface area contributed by atoms with Gasteiger partial charge >= 0.3 is 0 Å². The van der Waals surface area contributed by atoms with E-state index in [1.807, 2.05) is 73.1 Å². The Balaban J connectivity index is 1.32. The Morgan fingerprint density at radius 1 is 1.07 bits per heavy atom. The number of aliphatic hydroxyl groups excluding tert-OH is 2. The number of nitrogens with zero attached hydrogens (tertiary/aromatic N) is 1. The number of thioether (sulfide) groups is 1. The number of carbonyl (C=O) groups is 3. The maximum Gasteiger partial charge on any atom is 0.252 e. The number of fused-ring (bicyclic) bond motifs is 1. The lowest BCUT2D eigenvalue weighted by atomic mass is 9.90. The Kier molecular flexibility index (Phi) is 9.75. The van der Waals surface area contributed by atoms with Crippen LogP contribution in [0, 0.1) is 5.92 Å². The molecule has 1 aromatic heterocycles. The second kappa shape index (κ2) is 13.5. The van der Waals surface area contributed by atoms with E-state index in [-0.39, 0.29) is 31.2 Å². The molecule has 228 valence electrons. The van der Waals surface area contributed by atoms with Crippen molar-refractivity contribution in [2.75, 3.05) is 12.5 Å². The third kappa shape index (κ3) is 7.23. The van der Waals surface area contributed by atoms with E-state index in [4.69, 9.17) is 4.74 Å². The Morgan fingerprint density at radius 2 is 1.81 bits per heavy atom. The number of thiophene rings is 1. The Hall–Kier alpha value is -3.38. The summed E-state index contributed by atoms with van der Waals surface area (Å²) in [6, 6.07) is 17.1. The first kappa shape index (κ1) is 31.1. The number of nitrogens with one attached hydrogen (secondary N) is 2. The number of ether oxygens (including phenoxy) is 1. The molecule has 5 atom stereocenters. The van der Waals surface area contributed by atoms with Crippen LogP contribution in [0.15, 0.2) is 71.4 Å². The van der Waals surface area contributed by atoms with Gasteiger partial charge < -0.3 is 30.5 Å². The summed E-state index contributed by atoms with van der Waals surface area (Å²) in [5, 5.41) is 31.7. The Morgan fingerprint density at radius 3 is 2.56 bits per heavy atom. The number of rotatable bonds is 10. The standard InChI is InChI=1S/C32H37N3O6S2/c1-32(2)28(30(39)33-16-21-12-13-42-18-21)35(19-43-32)31(40)24(36)15-22(14-20-8-4-3-5-9-20)29(38)34-27-23-10-6-7-11-26(23)41-17-25(27)37/h3-13,18,22,24-25,27-28,36-37H,14-17,19H2,1-2H3,(H,33,39)(H,34,38)/t22-,24+,25-,27+,28-/m1/s1. The topological polar surface area (TPSA) is 128 Å². The van der Waals surface area contributed by atoms with Gasteiger partial charge in [0.25, 0.3) is 5.91 Å². The summed E-state index contributed by atoms with van der Waals surface area (Å²) in [5.41, 5.74) is 2.52. The van der Waals surface area contributed by atoms with Crippen molar-refractivity contribution in [3.05, 3.63) is 88.1 Å². The number of carbonyl (C=O) groups excluding carboxylic acids is 3. The average molecular weight is 624 g/mol. The third-order valence-corrected chi connectivity index (χ3v) is 10.1. The highest BCUT2D eigenvalue weighted by Crippen LogP contribution is 2.40. The first-order chi connectivity index (χ1) is 20.6. The SMILES string of the molecule is CC1(C)SCN(C(=O)[C@@H](O)C[C@@H](Cc2ccccc2)C(=O)N[C@H]2c3ccccc3OC[C@H]2O)[C@@H]1C(=O)NCc1ccsc1. The van der Waals surface area contributed by atoms with E-state index in [2.05, 4.69) is 10.6 Å². The Labute approximate surface area is 259 Å². The molecule has 0 spiro atoms. The molecule has 0 bridgehead atoms. The molecule has 2 aromatic carbocycles. The number of hydrogen-bond acceptors (Lipinski definition) is 8. The molecule has 0 aliphatic carbocycles. The molecule has 11 heteroatoms. The highest BCUT2D eigenvalue weighted by atomic mass is 32.2. The van der Waals surface area contributed by atoms with E-state index in [0.29, 0.717) is 17.9 Å². The van der Waals surface area contributed by atoms with Gasteiger partial charge in [0, 0.05) is 22.8 Å². The van der Waals surface area contributed by atoms with Gasteiger partial charge in [-0.15, -0.1) is 11.8 Å². The van der Waals surface area contributed by atoms with Crippen LogP contribution in [0.5, 0.6) is 5.75 Å². The van der Waals surface area contributed by atoms with Crippen LogP contribution in [0.25, 0.3) is 0 Å². The van der Waals surface area contributed by atoms with Crippen molar-refractivity contribution in [3.8, 4) is 5.75 Å². The van der Waals surface area contributed by atoms with Gasteiger partial charge in [-0.2, -0.15) is 11.3 Å². The molecule has 1 saturated heterocycles. The summed E-state index contributed by atoms with van der Waals surface area (Å²) in [5.74, 6) is -1.20. The van der Waals surface area contributed by atoms with Gasteiger partial charge in [-0.3, -0.25) is 14.4 Å². The zero-order valence-electron chi connectivity index (χ0n) is 24.1. The summed E-state index contributed by atoms with van der Waals surface area (Å²) >= 11 is 3.02. The van der Waals surface area contributed by atoms with Crippen molar-refractivity contribution in [3.63, 3.8) is 0 Å². The first-order valence-electron chi connectivity index (χ1n) is 14.3. The van der Waals surface area contributed by atoms with Crippen molar-refractivity contribution in [2.45, 2.75) is 62.3 Å². The zero-order chi connectivity index (χ0) is 30.6. The number of amides is 3. The van der Waals surface area contributed by atoms with Crippen molar-refractivity contribution < 1.29 is 29.3 Å². The molecule has 9 nitrogen and oxygen atoms in total. The van der Waals surface area contributed by atoms with Gasteiger partial charge in [0.05, 0.1) is 11.9 Å². The minimum Gasteiger partial charge on any atom is -0.490 e. The molecule has 3 amide bonds. The van der Waals surface area contributed by atoms with Crippen molar-refractivity contribution in [1.29, 1.82) is 0 Å². The zero-order valence-corrected chi connectivity index (χ0v) is 25.8. The van der Waals surface area contributed by atoms with Crippen LogP contribution in [0.2, 0.25) is 0 Å². The molecule has 1 fully saturated rings. The fourth-order valence-corrected chi connectivity index (χ4v) is 7.44. The third-order valence-electron chi connectivity index (χ3n) is 7.96. The minimum absolute atomic E-state index is 0.0324. The summed E-state index contributed by atoms with van der Waals surface area (Å²) in [7, 11) is 0. The molecule has 0 unspecified atom stereocenters. The minimum atomic E-state index is -1.51. The second-order valence-electron chi connectivity index (χ2n) is 11.5. The van der Waals surface area contributed by atoms with E-state index in [0.717, 1.165) is 11.1 Å². The maximum absolute atomic E-state index is 13.8. The van der Waals surface area contributed by atoms with E-state index in [1.165, 1.54) is 16.7 Å². The smallest absolute Gasteiger partial charge is 0.252 e. The van der Waals surface area contributed by atoms with Gasteiger partial charge in [0.2, 0.25) is 11.8 Å². The number of aliphatic hydroxyl groups is 2. The van der Waals surface area contributed by atoms with Crippen molar-refractivity contribution in [1.82, 2.24) is 15.5 Å². The highest BCUT2D eigenvalue weighted by Gasteiger charge is 2.49. The van der Waals surface area contributed by atoms with Gasteiger partial charge in [0.1, 0.15) is 30.6 Å². The largest absolute Gasteiger partial charge is 0.490 e. The Bertz CT molecular complexity index is 1420. The highest BCUT2D eigenvalue weighted by molar-refractivity contribution is 8.00. The van der Waals surface area contributed by atoms with Gasteiger partial charge in [0.15, 0.2) is 0 Å². The predicted molar refractivity (Wildman–Crippen MR) is 166 cm³/mol. The number of hydrogen-bond donors (Lipinski definition) is 4. The summed E-state index contributed by atoms with van der Waals surface area (Å²) in [4.78, 5) is 42.2. The van der Waals surface area contributed by atoms with Crippen LogP contribution < -0.4 is 15.4 Å². The van der Waals surface area contributed by atoms with E-state index in [1.54, 1.807) is 23.5 Å². The molecule has 0 saturated carbocycles. The van der Waals surface area contributed by atoms with Crippen LogP contribution in [0.3, 0.4) is 0 Å². The fraction of sp³-hybridized carbons (Fsp3) is 0.406. The van der Waals surface area contributed by atoms with Crippen LogP contribution in [0.4, 0.5) is 0 Å². The lowest BCUT2D eigenvalue weighted by Gasteiger charge is -2.33. The molecular weight excluding hydrogens is 587 g/mol. The summed E-state index contributed by atoms with van der Waals surface area (Å²) in [6.07, 6.45) is -2.33. The van der Waals surface area contributed by atoms with Gasteiger partial charge in [-0.1, -0.05) is 48.5 Å². The maximum atomic E-state index is 13.8. The molecular formula is C32H37N3O6S2. The molecule has 2 aliphatic rings. The molecule has 0 radical (unpaired) electrons. The van der Waals surface area contributed by atoms with Crippen molar-refractivity contribution in [2.24, 2.45) is 5.92 Å². The van der Waals surface area contributed by atoms with E-state index in [9.17, 15) is 24.6 Å². The molecule has 43 heavy (non-hydrogen) atoms. The molecule has 2 aliphatic heterocycles. The second-order valence-corrected chi connectivity index (χ2v) is 13.9. The molecule has 5 rings (SSSR count). The average Bonchev–Trinajstić information content (AvgIpc) is 3.64. The first-order valence-corrected chi connectivity index (χ1v) is 16.2. The molecule has 4 N–H and O–H groups in total. The quantitative estimate of drug-likeness (QED) is 0.273. The lowest BCUT2D eigenvalue weighted by Crippen LogP contribution is -2.55. The van der Waals surface area contributed by atoms with Crippen LogP contribution >= 0.6 is 23.1 Å². The lowest BCUT2D eigenvalue weighted by molar-refractivity contribution is -0.147. The predicted octanol–water partition coefficient (Wildman–Crippen LogP) is 3.27. The van der Waals surface area contributed by atoms with Gasteiger partial charge in [-0.05, 0) is 60.7 Å². The number of benzene rings is 2. The van der Waals surface area contributed by atoms with Crippen LogP contribution in [-0.2, 0) is 27.3 Å². The normalized spacial score (nSPS) is 22.1. The monoisotopic (exact) mass is 623 g/mol. The number of para-hydroxylation sites is 1. The van der Waals surface area contributed by atoms with E-state index >= 15 is 0 Å².